The van der Waals surface area contributed by atoms with Crippen LogP contribution in [0.25, 0.3) is 0 Å². The van der Waals surface area contributed by atoms with Crippen LogP contribution < -0.4 is 5.32 Å². The summed E-state index contributed by atoms with van der Waals surface area (Å²) in [7, 11) is 0. The van der Waals surface area contributed by atoms with Gasteiger partial charge in [-0.1, -0.05) is 83.0 Å². The van der Waals surface area contributed by atoms with E-state index in [-0.39, 0.29) is 12.3 Å². The molecule has 0 heterocycles. The van der Waals surface area contributed by atoms with E-state index >= 15 is 0 Å². The number of carbonyl (C=O) groups is 1. The number of hydrogen-bond acceptors (Lipinski definition) is 4. The van der Waals surface area contributed by atoms with Gasteiger partial charge in [0.15, 0.2) is 0 Å². The van der Waals surface area contributed by atoms with Crippen LogP contribution in [0, 0.1) is 5.21 Å². The number of nitrogens with one attached hydrogen (secondary N) is 1. The van der Waals surface area contributed by atoms with E-state index < -0.39 is 10.6 Å². The summed E-state index contributed by atoms with van der Waals surface area (Å²) in [5.74, 6) is -0.309. The molecule has 1 unspecified atom stereocenters. The highest BCUT2D eigenvalue weighted by molar-refractivity contribution is 5.76. The van der Waals surface area contributed by atoms with Gasteiger partial charge < -0.3 is 5.21 Å². The number of nitrogens with zero attached hydrogens (tertiary/aromatic N) is 1. The van der Waals surface area contributed by atoms with Crippen LogP contribution in [0.4, 0.5) is 0 Å². The minimum atomic E-state index is -2.49. The monoisotopic (exact) mass is 346 g/mol. The number of hydrogen-bond donors (Lipinski definition) is 3. The maximum absolute atomic E-state index is 11.8. The van der Waals surface area contributed by atoms with Crippen LogP contribution >= 0.6 is 0 Å². The zero-order valence-electron chi connectivity index (χ0n) is 15.9. The van der Waals surface area contributed by atoms with Crippen LogP contribution in [0.2, 0.25) is 0 Å². The van der Waals surface area contributed by atoms with Crippen molar-refractivity contribution < 1.29 is 20.2 Å². The third-order valence-corrected chi connectivity index (χ3v) is 4.75. The molecular formula is C18H38N2O4. The number of carbonyl (C=O) groups excluding carboxylic acids is 1. The first-order chi connectivity index (χ1) is 11.3. The smallest absolute Gasteiger partial charge is 0.232 e. The van der Waals surface area contributed by atoms with Crippen LogP contribution in [0.5, 0.6) is 0 Å². The molecular weight excluding hydrogens is 308 g/mol. The zero-order chi connectivity index (χ0) is 18.5. The largest absolute Gasteiger partial charge is 0.563 e. The molecule has 0 aromatic carbocycles. The second kappa shape index (κ2) is 12.6. The maximum atomic E-state index is 11.8. The summed E-state index contributed by atoms with van der Waals surface area (Å²) in [5, 5.41) is 32.1. The van der Waals surface area contributed by atoms with Crippen LogP contribution in [-0.4, -0.2) is 27.0 Å². The van der Waals surface area contributed by atoms with Crippen molar-refractivity contribution in [1.82, 2.24) is 5.32 Å². The highest BCUT2D eigenvalue weighted by Gasteiger charge is 2.41. The van der Waals surface area contributed by atoms with Gasteiger partial charge in [-0.05, 0) is 6.42 Å². The minimum Gasteiger partial charge on any atom is -0.563 e. The molecule has 0 saturated carbocycles. The number of hydroxylamine groups is 3. The minimum absolute atomic E-state index is 0.132. The van der Waals surface area contributed by atoms with E-state index in [0.717, 1.165) is 19.3 Å². The lowest BCUT2D eigenvalue weighted by Gasteiger charge is -2.41. The summed E-state index contributed by atoms with van der Waals surface area (Å²) in [5.41, 5.74) is -1.62. The van der Waals surface area contributed by atoms with Crippen LogP contribution in [0.1, 0.15) is 104 Å². The second-order valence-electron chi connectivity index (χ2n) is 7.01. The van der Waals surface area contributed by atoms with Gasteiger partial charge in [0.25, 0.3) is 0 Å². The predicted octanol–water partition coefficient (Wildman–Crippen LogP) is 5.02. The average Bonchev–Trinajstić information content (AvgIpc) is 2.51. The Morgan fingerprint density at radius 3 is 1.71 bits per heavy atom. The van der Waals surface area contributed by atoms with Gasteiger partial charge >= 0.3 is 0 Å². The fourth-order valence-corrected chi connectivity index (χ4v) is 2.68. The molecule has 0 aliphatic heterocycles. The van der Waals surface area contributed by atoms with Crippen molar-refractivity contribution in [2.45, 2.75) is 110 Å². The van der Waals surface area contributed by atoms with Crippen molar-refractivity contribution in [3.8, 4) is 0 Å². The fraction of sp³-hybridized carbons (Fsp3) is 0.944. The molecule has 6 heteroatoms. The summed E-state index contributed by atoms with van der Waals surface area (Å²) in [6, 6.07) is 0. The van der Waals surface area contributed by atoms with Crippen molar-refractivity contribution in [2.75, 3.05) is 0 Å². The molecule has 1 amide bonds. The Labute approximate surface area is 147 Å². The summed E-state index contributed by atoms with van der Waals surface area (Å²) >= 11 is 0. The first-order valence-corrected chi connectivity index (χ1v) is 9.63. The van der Waals surface area contributed by atoms with Gasteiger partial charge in [-0.15, -0.1) is 0 Å². The molecule has 0 saturated heterocycles. The lowest BCUT2D eigenvalue weighted by molar-refractivity contribution is -1.24. The molecule has 0 aromatic rings. The van der Waals surface area contributed by atoms with E-state index in [2.05, 4.69) is 12.2 Å². The van der Waals surface area contributed by atoms with Gasteiger partial charge in [-0.3, -0.25) is 10.1 Å². The van der Waals surface area contributed by atoms with Gasteiger partial charge in [0.1, 0.15) is 0 Å². The topological polar surface area (TPSA) is 92.6 Å². The molecule has 0 fully saturated rings. The van der Waals surface area contributed by atoms with Crippen molar-refractivity contribution in [2.24, 2.45) is 0 Å². The fourth-order valence-electron chi connectivity index (χ4n) is 2.68. The highest BCUT2D eigenvalue weighted by Crippen LogP contribution is 2.20. The van der Waals surface area contributed by atoms with Crippen LogP contribution in [-0.2, 0) is 4.79 Å². The zero-order valence-corrected chi connectivity index (χ0v) is 15.9. The predicted molar refractivity (Wildman–Crippen MR) is 95.1 cm³/mol. The molecule has 0 spiro atoms. The first-order valence-electron chi connectivity index (χ1n) is 9.63. The van der Waals surface area contributed by atoms with E-state index in [1.165, 1.54) is 58.3 Å². The first kappa shape index (κ1) is 23.3. The SMILES string of the molecule is CCCCCCCCCCCCCC(=O)NC(C)(CC)[N+]([O-])(O)O. The molecule has 0 aliphatic rings. The lowest BCUT2D eigenvalue weighted by atomic mass is 10.0. The van der Waals surface area contributed by atoms with E-state index in [0.29, 0.717) is 6.42 Å². The van der Waals surface area contributed by atoms with E-state index in [1.54, 1.807) is 6.92 Å². The van der Waals surface area contributed by atoms with Crippen LogP contribution in [0.3, 0.4) is 0 Å². The number of rotatable bonds is 15. The second-order valence-corrected chi connectivity index (χ2v) is 7.01. The Kier molecular flexibility index (Phi) is 12.3. The van der Waals surface area contributed by atoms with Crippen molar-refractivity contribution in [1.29, 1.82) is 0 Å². The normalized spacial score (nSPS) is 14.4. The molecule has 1 atom stereocenters. The lowest BCUT2D eigenvalue weighted by Crippen LogP contribution is -2.64. The third kappa shape index (κ3) is 10.2. The number of unbranched alkanes of at least 4 members (excludes halogenated alkanes) is 10. The van der Waals surface area contributed by atoms with Gasteiger partial charge in [0.2, 0.25) is 11.6 Å². The van der Waals surface area contributed by atoms with Crippen molar-refractivity contribution in [3.05, 3.63) is 5.21 Å². The Balaban J connectivity index is 3.63. The standard InChI is InChI=1S/C18H38N2O4/c1-4-6-7-8-9-10-11-12-13-14-15-16-17(21)19-18(3,5-2)20(22,23)24/h22-23H,4-16H2,1-3H3,(H,19,21). The summed E-state index contributed by atoms with van der Waals surface area (Å²) < 4.78 is 0. The molecule has 0 bridgehead atoms. The Bertz CT molecular complexity index is 331. The summed E-state index contributed by atoms with van der Waals surface area (Å²) in [4.78, 5) is 9.35. The van der Waals surface area contributed by atoms with E-state index in [1.807, 2.05) is 0 Å². The Hall–Kier alpha value is -0.690. The number of quaternary nitrogens is 1. The molecule has 0 aromatic heterocycles. The molecule has 0 radical (unpaired) electrons. The average molecular weight is 347 g/mol. The summed E-state index contributed by atoms with van der Waals surface area (Å²) in [6.45, 7) is 5.19. The van der Waals surface area contributed by atoms with Crippen LogP contribution in [0.15, 0.2) is 0 Å². The van der Waals surface area contributed by atoms with E-state index in [9.17, 15) is 10.0 Å². The van der Waals surface area contributed by atoms with Crippen molar-refractivity contribution in [3.63, 3.8) is 0 Å². The maximum Gasteiger partial charge on any atom is 0.232 e. The van der Waals surface area contributed by atoms with Gasteiger partial charge in [0, 0.05) is 19.8 Å². The molecule has 144 valence electrons. The highest BCUT2D eigenvalue weighted by atomic mass is 17.1. The van der Waals surface area contributed by atoms with Gasteiger partial charge in [0.05, 0.1) is 0 Å². The molecule has 0 rings (SSSR count). The Morgan fingerprint density at radius 2 is 1.33 bits per heavy atom. The molecule has 6 nitrogen and oxygen atoms in total. The summed E-state index contributed by atoms with van der Waals surface area (Å²) in [6.07, 6.45) is 13.7. The number of amides is 1. The quantitative estimate of drug-likeness (QED) is 0.168. The van der Waals surface area contributed by atoms with Gasteiger partial charge in [-0.25, -0.2) is 0 Å². The van der Waals surface area contributed by atoms with E-state index in [4.69, 9.17) is 10.4 Å². The van der Waals surface area contributed by atoms with Gasteiger partial charge in [-0.2, -0.15) is 10.4 Å². The molecule has 24 heavy (non-hydrogen) atoms. The Morgan fingerprint density at radius 1 is 0.917 bits per heavy atom. The third-order valence-electron chi connectivity index (χ3n) is 4.75. The van der Waals surface area contributed by atoms with Crippen molar-refractivity contribution >= 4 is 5.91 Å². The molecule has 3 N–H and O–H groups in total. The molecule has 0 aliphatic carbocycles.